The second-order valence-electron chi connectivity index (χ2n) is 7.86. The van der Waals surface area contributed by atoms with Crippen molar-refractivity contribution in [3.63, 3.8) is 0 Å². The number of pyridine rings is 1. The van der Waals surface area contributed by atoms with E-state index in [1.54, 1.807) is 25.4 Å². The van der Waals surface area contributed by atoms with Crippen LogP contribution in [0.5, 0.6) is 0 Å². The maximum absolute atomic E-state index is 12.3. The maximum Gasteiger partial charge on any atom is 0.262 e. The van der Waals surface area contributed by atoms with Crippen LogP contribution in [-0.4, -0.2) is 55.7 Å². The van der Waals surface area contributed by atoms with E-state index in [1.165, 1.54) is 11.3 Å². The van der Waals surface area contributed by atoms with Gasteiger partial charge in [0.05, 0.1) is 17.1 Å². The predicted octanol–water partition coefficient (Wildman–Crippen LogP) is 2.21. The Morgan fingerprint density at radius 3 is 2.63 bits per heavy atom. The van der Waals surface area contributed by atoms with Gasteiger partial charge >= 0.3 is 0 Å². The molecule has 2 N–H and O–H groups in total. The predicted molar refractivity (Wildman–Crippen MR) is 108 cm³/mol. The lowest BCUT2D eigenvalue weighted by Gasteiger charge is -2.26. The molecule has 3 aromatic heterocycles. The number of likely N-dealkylation sites (N-methyl/N-ethyl adjacent to an activating group) is 1. The number of aromatic nitrogens is 4. The van der Waals surface area contributed by atoms with Gasteiger partial charge in [0.2, 0.25) is 11.5 Å². The highest BCUT2D eigenvalue weighted by Gasteiger charge is 2.48. The van der Waals surface area contributed by atoms with Crippen LogP contribution in [0.1, 0.15) is 31.4 Å². The fourth-order valence-corrected chi connectivity index (χ4v) is 3.70. The number of anilines is 1. The topological polar surface area (TPSA) is 117 Å². The van der Waals surface area contributed by atoms with Gasteiger partial charge in [0, 0.05) is 38.3 Å². The van der Waals surface area contributed by atoms with Gasteiger partial charge in [-0.1, -0.05) is 11.2 Å². The summed E-state index contributed by atoms with van der Waals surface area (Å²) in [7, 11) is 1.65. The van der Waals surface area contributed by atoms with Crippen LogP contribution in [0.2, 0.25) is 0 Å². The number of aliphatic hydroxyl groups is 1. The van der Waals surface area contributed by atoms with Crippen LogP contribution in [0.25, 0.3) is 22.8 Å². The lowest BCUT2D eigenvalue weighted by atomic mass is 9.93. The van der Waals surface area contributed by atoms with E-state index >= 15 is 0 Å². The zero-order valence-electron chi connectivity index (χ0n) is 16.6. The minimum absolute atomic E-state index is 0.132. The summed E-state index contributed by atoms with van der Waals surface area (Å²) in [6.45, 7) is 0.462. The van der Waals surface area contributed by atoms with Crippen molar-refractivity contribution in [3.05, 3.63) is 42.3 Å². The Balaban J connectivity index is 1.41. The number of nitrogens with zero attached hydrogens (tertiary/aromatic N) is 5. The molecule has 1 saturated heterocycles. The molecule has 1 amide bonds. The number of amides is 1. The standard InChI is InChI=1S/C21H22N6O3/c1-27-11-9-21(29,19(27)28)18-12-17(26-30-18)15-7-3-6-14(24-15)16-8-10-22-20(25-16)23-13-4-2-5-13/h3,6-8,10,12-13,29H,2,4-5,9,11H2,1H3,(H,22,23,25)/t21-/m1/s1. The fraction of sp³-hybridized carbons (Fsp3) is 0.381. The maximum atomic E-state index is 12.3. The van der Waals surface area contributed by atoms with Crippen molar-refractivity contribution >= 4 is 11.9 Å². The van der Waals surface area contributed by atoms with Crippen molar-refractivity contribution in [3.8, 4) is 22.8 Å². The molecule has 3 aromatic rings. The third kappa shape index (κ3) is 3.21. The average molecular weight is 406 g/mol. The molecule has 0 bridgehead atoms. The molecule has 0 aromatic carbocycles. The van der Waals surface area contributed by atoms with E-state index in [0.717, 1.165) is 12.8 Å². The Hall–Kier alpha value is -3.33. The Morgan fingerprint density at radius 1 is 1.17 bits per heavy atom. The summed E-state index contributed by atoms with van der Waals surface area (Å²) in [5.74, 6) is 0.340. The molecule has 1 saturated carbocycles. The molecular formula is C21H22N6O3. The van der Waals surface area contributed by atoms with E-state index in [9.17, 15) is 9.90 Å². The number of likely N-dealkylation sites (tertiary alicyclic amines) is 1. The van der Waals surface area contributed by atoms with Crippen LogP contribution < -0.4 is 5.32 Å². The van der Waals surface area contributed by atoms with Gasteiger partial charge in [-0.25, -0.2) is 15.0 Å². The number of carbonyl (C=O) groups excluding carboxylic acids is 1. The Kier molecular flexibility index (Phi) is 4.47. The first-order chi connectivity index (χ1) is 14.5. The van der Waals surface area contributed by atoms with E-state index in [0.29, 0.717) is 41.3 Å². The van der Waals surface area contributed by atoms with Crippen molar-refractivity contribution in [1.82, 2.24) is 25.0 Å². The number of nitrogens with one attached hydrogen (secondary N) is 1. The lowest BCUT2D eigenvalue weighted by molar-refractivity contribution is -0.144. The second kappa shape index (κ2) is 7.17. The highest BCUT2D eigenvalue weighted by molar-refractivity contribution is 5.87. The number of rotatable bonds is 5. The second-order valence-corrected chi connectivity index (χ2v) is 7.86. The molecule has 0 unspecified atom stereocenters. The largest absolute Gasteiger partial charge is 0.373 e. The van der Waals surface area contributed by atoms with Crippen molar-refractivity contribution in [2.45, 2.75) is 37.3 Å². The van der Waals surface area contributed by atoms with Crippen molar-refractivity contribution in [2.24, 2.45) is 0 Å². The molecule has 154 valence electrons. The molecule has 5 rings (SSSR count). The molecule has 1 aliphatic heterocycles. The Labute approximate surface area is 173 Å². The summed E-state index contributed by atoms with van der Waals surface area (Å²) < 4.78 is 5.33. The molecule has 9 nitrogen and oxygen atoms in total. The number of hydrogen-bond donors (Lipinski definition) is 2. The Morgan fingerprint density at radius 2 is 1.93 bits per heavy atom. The fourth-order valence-electron chi connectivity index (χ4n) is 3.70. The first kappa shape index (κ1) is 18.7. The molecule has 2 fully saturated rings. The van der Waals surface area contributed by atoms with Crippen molar-refractivity contribution < 1.29 is 14.4 Å². The molecular weight excluding hydrogens is 384 g/mol. The summed E-state index contributed by atoms with van der Waals surface area (Å²) in [4.78, 5) is 27.3. The van der Waals surface area contributed by atoms with Crippen LogP contribution in [0.15, 0.2) is 41.1 Å². The summed E-state index contributed by atoms with van der Waals surface area (Å²) in [6, 6.07) is 9.34. The van der Waals surface area contributed by atoms with Crippen LogP contribution in [-0.2, 0) is 10.4 Å². The quantitative estimate of drug-likeness (QED) is 0.662. The average Bonchev–Trinajstić information content (AvgIpc) is 3.34. The summed E-state index contributed by atoms with van der Waals surface area (Å²) in [6.07, 6.45) is 5.49. The third-order valence-corrected chi connectivity index (χ3v) is 5.80. The number of hydrogen-bond acceptors (Lipinski definition) is 8. The zero-order chi connectivity index (χ0) is 20.7. The van der Waals surface area contributed by atoms with E-state index in [4.69, 9.17) is 4.52 Å². The number of carbonyl (C=O) groups is 1. The molecule has 9 heteroatoms. The van der Waals surface area contributed by atoms with E-state index in [1.807, 2.05) is 18.2 Å². The Bertz CT molecular complexity index is 1100. The van der Waals surface area contributed by atoms with Gasteiger partial charge < -0.3 is 19.8 Å². The van der Waals surface area contributed by atoms with E-state index < -0.39 is 5.60 Å². The molecule has 2 aliphatic rings. The molecule has 0 spiro atoms. The van der Waals surface area contributed by atoms with E-state index in [2.05, 4.69) is 25.4 Å². The monoisotopic (exact) mass is 406 g/mol. The summed E-state index contributed by atoms with van der Waals surface area (Å²) in [5, 5.41) is 18.1. The molecule has 4 heterocycles. The van der Waals surface area contributed by atoms with Gasteiger partial charge in [0.15, 0.2) is 5.76 Å². The lowest BCUT2D eigenvalue weighted by Crippen LogP contribution is -2.35. The molecule has 30 heavy (non-hydrogen) atoms. The highest BCUT2D eigenvalue weighted by atomic mass is 16.5. The van der Waals surface area contributed by atoms with E-state index in [-0.39, 0.29) is 18.1 Å². The van der Waals surface area contributed by atoms with Gasteiger partial charge in [0.25, 0.3) is 5.91 Å². The van der Waals surface area contributed by atoms with Gasteiger partial charge in [-0.05, 0) is 37.5 Å². The van der Waals surface area contributed by atoms with Gasteiger partial charge in [0.1, 0.15) is 5.69 Å². The SMILES string of the molecule is CN1CC[C@@](O)(c2cc(-c3cccc(-c4ccnc(NC5CCC5)n4)n3)no2)C1=O. The van der Waals surface area contributed by atoms with Crippen molar-refractivity contribution in [2.75, 3.05) is 18.9 Å². The smallest absolute Gasteiger partial charge is 0.262 e. The van der Waals surface area contributed by atoms with Gasteiger partial charge in [-0.15, -0.1) is 0 Å². The summed E-state index contributed by atoms with van der Waals surface area (Å²) in [5.41, 5.74) is 0.712. The van der Waals surface area contributed by atoms with Crippen LogP contribution in [0, 0.1) is 0 Å². The molecule has 0 radical (unpaired) electrons. The third-order valence-electron chi connectivity index (χ3n) is 5.80. The first-order valence-electron chi connectivity index (χ1n) is 10.1. The van der Waals surface area contributed by atoms with Crippen molar-refractivity contribution in [1.29, 1.82) is 0 Å². The van der Waals surface area contributed by atoms with Gasteiger partial charge in [-0.3, -0.25) is 4.79 Å². The summed E-state index contributed by atoms with van der Waals surface area (Å²) >= 11 is 0. The van der Waals surface area contributed by atoms with Crippen LogP contribution in [0.3, 0.4) is 0 Å². The highest BCUT2D eigenvalue weighted by Crippen LogP contribution is 2.34. The minimum Gasteiger partial charge on any atom is -0.373 e. The first-order valence-corrected chi connectivity index (χ1v) is 10.1. The normalized spacial score (nSPS) is 21.7. The molecule has 1 atom stereocenters. The van der Waals surface area contributed by atoms with Crippen LogP contribution in [0.4, 0.5) is 5.95 Å². The van der Waals surface area contributed by atoms with Crippen LogP contribution >= 0.6 is 0 Å². The minimum atomic E-state index is -1.67. The zero-order valence-corrected chi connectivity index (χ0v) is 16.6. The van der Waals surface area contributed by atoms with Gasteiger partial charge in [-0.2, -0.15) is 0 Å². The molecule has 1 aliphatic carbocycles.